The molecule has 112 valence electrons. The van der Waals surface area contributed by atoms with Crippen LogP contribution in [0.1, 0.15) is 27.7 Å². The maximum absolute atomic E-state index is 13.9. The number of nitrogens with one attached hydrogen (secondary N) is 1. The van der Waals surface area contributed by atoms with Crippen LogP contribution in [0.3, 0.4) is 0 Å². The van der Waals surface area contributed by atoms with Crippen molar-refractivity contribution in [1.29, 1.82) is 0 Å². The molecular formula is C15H21F3N2. The number of piperazine rings is 1. The van der Waals surface area contributed by atoms with Gasteiger partial charge >= 0.3 is 0 Å². The fraction of sp³-hybridized carbons (Fsp3) is 0.600. The predicted molar refractivity (Wildman–Crippen MR) is 74.4 cm³/mol. The zero-order valence-corrected chi connectivity index (χ0v) is 12.3. The Hall–Kier alpha value is -1.23. The Bertz CT molecular complexity index is 497. The lowest BCUT2D eigenvalue weighted by Gasteiger charge is -2.45. The minimum absolute atomic E-state index is 0.00738. The van der Waals surface area contributed by atoms with E-state index in [0.29, 0.717) is 19.2 Å². The van der Waals surface area contributed by atoms with Gasteiger partial charge in [0, 0.05) is 37.3 Å². The molecule has 1 fully saturated rings. The largest absolute Gasteiger partial charge is 0.364 e. The molecule has 2 atom stereocenters. The summed E-state index contributed by atoms with van der Waals surface area (Å²) in [6.45, 7) is 9.47. The molecule has 1 N–H and O–H groups in total. The molecule has 0 aromatic heterocycles. The molecule has 5 heteroatoms. The summed E-state index contributed by atoms with van der Waals surface area (Å²) in [7, 11) is 0. The molecule has 1 aromatic carbocycles. The number of hydrogen-bond acceptors (Lipinski definition) is 2. The van der Waals surface area contributed by atoms with Gasteiger partial charge in [-0.2, -0.15) is 0 Å². The third-order valence-electron chi connectivity index (χ3n) is 3.92. The Kier molecular flexibility index (Phi) is 4.00. The summed E-state index contributed by atoms with van der Waals surface area (Å²) >= 11 is 0. The van der Waals surface area contributed by atoms with Crippen LogP contribution >= 0.6 is 0 Å². The Labute approximate surface area is 118 Å². The second-order valence-corrected chi connectivity index (χ2v) is 6.55. The standard InChI is InChI=1S/C15H21F3N2/c1-9-7-19-14(15(2,3)4)8-20(9)13-6-11(17)10(16)5-12(13)18/h5-6,9,14,19H,7-8H2,1-4H3. The summed E-state index contributed by atoms with van der Waals surface area (Å²) in [6.07, 6.45) is 0. The van der Waals surface area contributed by atoms with E-state index in [0.717, 1.165) is 6.07 Å². The number of nitrogens with zero attached hydrogens (tertiary/aromatic N) is 1. The minimum Gasteiger partial charge on any atom is -0.364 e. The fourth-order valence-electron chi connectivity index (χ4n) is 2.51. The Morgan fingerprint density at radius 2 is 1.70 bits per heavy atom. The lowest BCUT2D eigenvalue weighted by atomic mass is 9.84. The molecule has 2 nitrogen and oxygen atoms in total. The van der Waals surface area contributed by atoms with Gasteiger partial charge in [-0.1, -0.05) is 20.8 Å². The zero-order valence-electron chi connectivity index (χ0n) is 12.3. The van der Waals surface area contributed by atoms with Gasteiger partial charge in [-0.25, -0.2) is 13.2 Å². The van der Waals surface area contributed by atoms with E-state index < -0.39 is 17.5 Å². The second kappa shape index (κ2) is 5.28. The molecule has 0 saturated carbocycles. The van der Waals surface area contributed by atoms with E-state index in [4.69, 9.17) is 0 Å². The summed E-state index contributed by atoms with van der Waals surface area (Å²) in [5, 5.41) is 3.42. The molecule has 1 aliphatic rings. The Morgan fingerprint density at radius 1 is 1.10 bits per heavy atom. The van der Waals surface area contributed by atoms with Gasteiger partial charge in [0.15, 0.2) is 11.6 Å². The molecule has 1 saturated heterocycles. The van der Waals surface area contributed by atoms with Crippen LogP contribution in [0.25, 0.3) is 0 Å². The van der Waals surface area contributed by atoms with Gasteiger partial charge in [0.25, 0.3) is 0 Å². The molecule has 1 aromatic rings. The highest BCUT2D eigenvalue weighted by atomic mass is 19.2. The van der Waals surface area contributed by atoms with Gasteiger partial charge in [0.2, 0.25) is 0 Å². The first-order valence-electron chi connectivity index (χ1n) is 6.84. The SMILES string of the molecule is CC1CNC(C(C)(C)C)CN1c1cc(F)c(F)cc1F. The molecule has 0 bridgehead atoms. The van der Waals surface area contributed by atoms with Gasteiger partial charge in [-0.05, 0) is 12.3 Å². The van der Waals surface area contributed by atoms with E-state index in [1.165, 1.54) is 0 Å². The van der Waals surface area contributed by atoms with Crippen LogP contribution in [-0.4, -0.2) is 25.2 Å². The first kappa shape index (κ1) is 15.2. The van der Waals surface area contributed by atoms with E-state index in [1.807, 2.05) is 11.8 Å². The van der Waals surface area contributed by atoms with Crippen molar-refractivity contribution in [3.8, 4) is 0 Å². The maximum Gasteiger partial charge on any atom is 0.161 e. The van der Waals surface area contributed by atoms with Crippen molar-refractivity contribution in [3.05, 3.63) is 29.6 Å². The maximum atomic E-state index is 13.9. The van der Waals surface area contributed by atoms with Crippen molar-refractivity contribution in [2.45, 2.75) is 39.8 Å². The number of benzene rings is 1. The second-order valence-electron chi connectivity index (χ2n) is 6.55. The molecular weight excluding hydrogens is 265 g/mol. The molecule has 2 rings (SSSR count). The van der Waals surface area contributed by atoms with Crippen LogP contribution in [0.5, 0.6) is 0 Å². The van der Waals surface area contributed by atoms with Crippen LogP contribution in [0.15, 0.2) is 12.1 Å². The zero-order chi connectivity index (χ0) is 15.1. The van der Waals surface area contributed by atoms with Crippen molar-refractivity contribution in [1.82, 2.24) is 5.32 Å². The van der Waals surface area contributed by atoms with Crippen LogP contribution in [-0.2, 0) is 0 Å². The van der Waals surface area contributed by atoms with Gasteiger partial charge in [-0.15, -0.1) is 0 Å². The molecule has 1 aliphatic heterocycles. The highest BCUT2D eigenvalue weighted by Crippen LogP contribution is 2.29. The Balaban J connectivity index is 2.32. The van der Waals surface area contributed by atoms with E-state index in [2.05, 4.69) is 26.1 Å². The summed E-state index contributed by atoms with van der Waals surface area (Å²) in [6, 6.07) is 1.75. The van der Waals surface area contributed by atoms with Crippen LogP contribution in [0.4, 0.5) is 18.9 Å². The molecule has 0 aliphatic carbocycles. The summed E-state index contributed by atoms with van der Waals surface area (Å²) < 4.78 is 40.4. The highest BCUT2D eigenvalue weighted by Gasteiger charge is 2.33. The number of anilines is 1. The highest BCUT2D eigenvalue weighted by molar-refractivity contribution is 5.50. The number of hydrogen-bond donors (Lipinski definition) is 1. The van der Waals surface area contributed by atoms with Crippen LogP contribution in [0, 0.1) is 22.9 Å². The van der Waals surface area contributed by atoms with Crippen LogP contribution in [0.2, 0.25) is 0 Å². The first-order valence-corrected chi connectivity index (χ1v) is 6.84. The van der Waals surface area contributed by atoms with Gasteiger partial charge in [0.05, 0.1) is 5.69 Å². The van der Waals surface area contributed by atoms with E-state index >= 15 is 0 Å². The molecule has 0 radical (unpaired) electrons. The summed E-state index contributed by atoms with van der Waals surface area (Å²) in [4.78, 5) is 1.81. The average molecular weight is 286 g/mol. The molecule has 20 heavy (non-hydrogen) atoms. The number of rotatable bonds is 1. The molecule has 0 spiro atoms. The van der Waals surface area contributed by atoms with Crippen molar-refractivity contribution in [2.24, 2.45) is 5.41 Å². The Morgan fingerprint density at radius 3 is 2.30 bits per heavy atom. The molecule has 0 amide bonds. The van der Waals surface area contributed by atoms with E-state index in [-0.39, 0.29) is 23.2 Å². The lowest BCUT2D eigenvalue weighted by molar-refractivity contribution is 0.238. The first-order chi connectivity index (χ1) is 9.20. The smallest absolute Gasteiger partial charge is 0.161 e. The van der Waals surface area contributed by atoms with Crippen LogP contribution < -0.4 is 10.2 Å². The average Bonchev–Trinajstić information content (AvgIpc) is 2.33. The fourth-order valence-corrected chi connectivity index (χ4v) is 2.51. The van der Waals surface area contributed by atoms with E-state index in [9.17, 15) is 13.2 Å². The van der Waals surface area contributed by atoms with Crippen molar-refractivity contribution in [3.63, 3.8) is 0 Å². The lowest BCUT2D eigenvalue weighted by Crippen LogP contribution is -2.59. The van der Waals surface area contributed by atoms with Gasteiger partial charge < -0.3 is 10.2 Å². The topological polar surface area (TPSA) is 15.3 Å². The summed E-state index contributed by atoms with van der Waals surface area (Å²) in [5.74, 6) is -2.88. The quantitative estimate of drug-likeness (QED) is 0.797. The monoisotopic (exact) mass is 286 g/mol. The van der Waals surface area contributed by atoms with Gasteiger partial charge in [0.1, 0.15) is 5.82 Å². The molecule has 2 unspecified atom stereocenters. The van der Waals surface area contributed by atoms with Gasteiger partial charge in [-0.3, -0.25) is 0 Å². The molecule has 1 heterocycles. The predicted octanol–water partition coefficient (Wildman–Crippen LogP) is 3.32. The number of halogens is 3. The minimum atomic E-state index is -1.15. The van der Waals surface area contributed by atoms with Crippen molar-refractivity contribution in [2.75, 3.05) is 18.0 Å². The van der Waals surface area contributed by atoms with Crippen molar-refractivity contribution < 1.29 is 13.2 Å². The normalized spacial score (nSPS) is 24.1. The third-order valence-corrected chi connectivity index (χ3v) is 3.92. The van der Waals surface area contributed by atoms with Crippen molar-refractivity contribution >= 4 is 5.69 Å². The van der Waals surface area contributed by atoms with E-state index in [1.54, 1.807) is 0 Å². The third kappa shape index (κ3) is 2.92. The summed E-state index contributed by atoms with van der Waals surface area (Å²) in [5.41, 5.74) is 0.139.